The van der Waals surface area contributed by atoms with Gasteiger partial charge in [-0.2, -0.15) is 0 Å². The lowest BCUT2D eigenvalue weighted by Crippen LogP contribution is -2.48. The summed E-state index contributed by atoms with van der Waals surface area (Å²) in [5, 5.41) is 0. The lowest BCUT2D eigenvalue weighted by molar-refractivity contribution is 0.0628. The minimum atomic E-state index is 0. The maximum Gasteiger partial charge on any atom is 0.254 e. The van der Waals surface area contributed by atoms with Crippen LogP contribution in [0.4, 0.5) is 5.69 Å². The van der Waals surface area contributed by atoms with E-state index >= 15 is 0 Å². The van der Waals surface area contributed by atoms with Crippen LogP contribution >= 0.6 is 24.8 Å². The van der Waals surface area contributed by atoms with Gasteiger partial charge in [-0.1, -0.05) is 18.2 Å². The number of anilines is 1. The van der Waals surface area contributed by atoms with Crippen LogP contribution in [0.3, 0.4) is 0 Å². The van der Waals surface area contributed by atoms with E-state index in [1.165, 1.54) is 5.56 Å². The second kappa shape index (κ2) is 11.1. The van der Waals surface area contributed by atoms with Crippen LogP contribution in [0.2, 0.25) is 0 Å². The first-order chi connectivity index (χ1) is 12.6. The molecule has 0 unspecified atom stereocenters. The summed E-state index contributed by atoms with van der Waals surface area (Å²) in [6, 6.07) is 13.8. The number of carbonyl (C=O) groups is 1. The molecule has 2 N–H and O–H groups in total. The molecule has 1 aliphatic rings. The van der Waals surface area contributed by atoms with Crippen molar-refractivity contribution in [1.82, 2.24) is 9.80 Å². The molecular weight excluding hydrogens is 397 g/mol. The number of carbonyl (C=O) groups excluding carboxylic acids is 1. The number of hydrogen-bond acceptors (Lipinski definition) is 4. The Morgan fingerprint density at radius 3 is 2.29 bits per heavy atom. The first-order valence-corrected chi connectivity index (χ1v) is 9.16. The van der Waals surface area contributed by atoms with Gasteiger partial charge in [0, 0.05) is 44.0 Å². The van der Waals surface area contributed by atoms with Crippen molar-refractivity contribution >= 4 is 36.4 Å². The highest BCUT2D eigenvalue weighted by Crippen LogP contribution is 2.18. The summed E-state index contributed by atoms with van der Waals surface area (Å²) in [5.74, 6) is 0.986. The lowest BCUT2D eigenvalue weighted by atomic mass is 10.1. The zero-order chi connectivity index (χ0) is 18.5. The lowest BCUT2D eigenvalue weighted by Gasteiger charge is -2.35. The number of hydrogen-bond donors (Lipinski definition) is 1. The number of halogens is 2. The smallest absolute Gasteiger partial charge is 0.254 e. The Bertz CT molecular complexity index is 761. The summed E-state index contributed by atoms with van der Waals surface area (Å²) in [4.78, 5) is 17.1. The molecule has 7 heteroatoms. The van der Waals surface area contributed by atoms with Gasteiger partial charge in [0.2, 0.25) is 0 Å². The second-order valence-electron chi connectivity index (χ2n) is 6.72. The molecule has 0 spiro atoms. The number of piperazine rings is 1. The fraction of sp³-hybridized carbons (Fsp3) is 0.381. The van der Waals surface area contributed by atoms with E-state index in [4.69, 9.17) is 10.5 Å². The molecule has 28 heavy (non-hydrogen) atoms. The van der Waals surface area contributed by atoms with E-state index in [1.807, 2.05) is 43.0 Å². The zero-order valence-electron chi connectivity index (χ0n) is 16.4. The Balaban J connectivity index is 0.00000196. The Morgan fingerprint density at radius 2 is 1.68 bits per heavy atom. The van der Waals surface area contributed by atoms with Gasteiger partial charge >= 0.3 is 0 Å². The van der Waals surface area contributed by atoms with Gasteiger partial charge in [0.25, 0.3) is 5.91 Å². The quantitative estimate of drug-likeness (QED) is 0.740. The molecular formula is C21H29Cl2N3O2. The van der Waals surface area contributed by atoms with Crippen molar-refractivity contribution in [3.05, 3.63) is 59.2 Å². The Labute approximate surface area is 179 Å². The summed E-state index contributed by atoms with van der Waals surface area (Å²) in [7, 11) is 0. The van der Waals surface area contributed by atoms with Crippen molar-refractivity contribution in [3.8, 4) is 5.75 Å². The molecule has 2 aromatic carbocycles. The number of ether oxygens (including phenoxy) is 1. The molecule has 1 heterocycles. The molecule has 0 saturated carbocycles. The van der Waals surface area contributed by atoms with Crippen molar-refractivity contribution in [2.45, 2.75) is 20.4 Å². The number of nitrogens with zero attached hydrogens (tertiary/aromatic N) is 2. The molecule has 154 valence electrons. The molecule has 1 aliphatic heterocycles. The van der Waals surface area contributed by atoms with Gasteiger partial charge in [-0.3, -0.25) is 9.69 Å². The molecule has 2 aromatic rings. The predicted octanol–water partition coefficient (Wildman–Crippen LogP) is 3.78. The number of amides is 1. The van der Waals surface area contributed by atoms with Crippen LogP contribution in [0.5, 0.6) is 5.75 Å². The van der Waals surface area contributed by atoms with Gasteiger partial charge in [0.15, 0.2) is 0 Å². The van der Waals surface area contributed by atoms with Crippen molar-refractivity contribution in [3.63, 3.8) is 0 Å². The third-order valence-electron chi connectivity index (χ3n) is 4.79. The average Bonchev–Trinajstić information content (AvgIpc) is 2.66. The third kappa shape index (κ3) is 6.03. The number of nitrogen functional groups attached to an aromatic ring is 1. The van der Waals surface area contributed by atoms with E-state index in [0.717, 1.165) is 44.0 Å². The van der Waals surface area contributed by atoms with E-state index < -0.39 is 0 Å². The first kappa shape index (κ1) is 24.1. The highest BCUT2D eigenvalue weighted by atomic mass is 35.5. The summed E-state index contributed by atoms with van der Waals surface area (Å²) < 4.78 is 5.48. The largest absolute Gasteiger partial charge is 0.494 e. The topological polar surface area (TPSA) is 58.8 Å². The van der Waals surface area contributed by atoms with Crippen LogP contribution in [-0.2, 0) is 6.54 Å². The van der Waals surface area contributed by atoms with Crippen LogP contribution in [0.25, 0.3) is 0 Å². The fourth-order valence-corrected chi connectivity index (χ4v) is 3.27. The Morgan fingerprint density at radius 1 is 1.04 bits per heavy atom. The summed E-state index contributed by atoms with van der Waals surface area (Å²) in [6.07, 6.45) is 0. The van der Waals surface area contributed by atoms with E-state index in [0.29, 0.717) is 17.9 Å². The molecule has 1 fully saturated rings. The number of rotatable bonds is 5. The molecule has 0 bridgehead atoms. The molecule has 5 nitrogen and oxygen atoms in total. The molecule has 0 aliphatic carbocycles. The maximum absolute atomic E-state index is 12.8. The predicted molar refractivity (Wildman–Crippen MR) is 119 cm³/mol. The highest BCUT2D eigenvalue weighted by Gasteiger charge is 2.23. The SMILES string of the molecule is CCOc1ccc(CN2CCN(C(=O)c3cc(N)ccc3C)CC2)cc1.Cl.Cl. The van der Waals surface area contributed by atoms with Crippen molar-refractivity contribution < 1.29 is 9.53 Å². The van der Waals surface area contributed by atoms with E-state index in [9.17, 15) is 4.79 Å². The van der Waals surface area contributed by atoms with Crippen LogP contribution < -0.4 is 10.5 Å². The van der Waals surface area contributed by atoms with Crippen LogP contribution in [0, 0.1) is 6.92 Å². The monoisotopic (exact) mass is 425 g/mol. The van der Waals surface area contributed by atoms with E-state index in [-0.39, 0.29) is 30.7 Å². The van der Waals surface area contributed by atoms with Crippen LogP contribution in [-0.4, -0.2) is 48.5 Å². The van der Waals surface area contributed by atoms with E-state index in [2.05, 4.69) is 17.0 Å². The minimum Gasteiger partial charge on any atom is -0.494 e. The number of aryl methyl sites for hydroxylation is 1. The van der Waals surface area contributed by atoms with E-state index in [1.54, 1.807) is 6.07 Å². The Kier molecular flexibility index (Phi) is 9.59. The molecule has 0 radical (unpaired) electrons. The maximum atomic E-state index is 12.8. The van der Waals surface area contributed by atoms with Crippen molar-refractivity contribution in [2.75, 3.05) is 38.5 Å². The van der Waals surface area contributed by atoms with Gasteiger partial charge in [0.05, 0.1) is 6.61 Å². The van der Waals surface area contributed by atoms with Crippen molar-refractivity contribution in [1.29, 1.82) is 0 Å². The van der Waals surface area contributed by atoms with Gasteiger partial charge in [-0.05, 0) is 49.2 Å². The highest BCUT2D eigenvalue weighted by molar-refractivity contribution is 5.96. The van der Waals surface area contributed by atoms with Gasteiger partial charge in [-0.25, -0.2) is 0 Å². The summed E-state index contributed by atoms with van der Waals surface area (Å²) >= 11 is 0. The van der Waals surface area contributed by atoms with Gasteiger partial charge < -0.3 is 15.4 Å². The summed E-state index contributed by atoms with van der Waals surface area (Å²) in [5.41, 5.74) is 9.43. The van der Waals surface area contributed by atoms with Crippen LogP contribution in [0.15, 0.2) is 42.5 Å². The second-order valence-corrected chi connectivity index (χ2v) is 6.72. The van der Waals surface area contributed by atoms with Gasteiger partial charge in [0.1, 0.15) is 5.75 Å². The Hall–Kier alpha value is -1.95. The standard InChI is InChI=1S/C21H27N3O2.2ClH/c1-3-26-19-8-5-17(6-9-19)15-23-10-12-24(13-11-23)21(25)20-14-18(22)7-4-16(20)2;;/h4-9,14H,3,10-13,15,22H2,1-2H3;2*1H. The normalized spacial score (nSPS) is 14.0. The minimum absolute atomic E-state index is 0. The number of nitrogens with two attached hydrogens (primary N) is 1. The van der Waals surface area contributed by atoms with Crippen LogP contribution in [0.1, 0.15) is 28.4 Å². The molecule has 1 saturated heterocycles. The molecule has 1 amide bonds. The first-order valence-electron chi connectivity index (χ1n) is 9.16. The zero-order valence-corrected chi connectivity index (χ0v) is 18.0. The third-order valence-corrected chi connectivity index (χ3v) is 4.79. The number of benzene rings is 2. The van der Waals surface area contributed by atoms with Gasteiger partial charge in [-0.15, -0.1) is 24.8 Å². The summed E-state index contributed by atoms with van der Waals surface area (Å²) in [6.45, 7) is 8.75. The molecule has 3 rings (SSSR count). The average molecular weight is 426 g/mol. The molecule has 0 aromatic heterocycles. The fourth-order valence-electron chi connectivity index (χ4n) is 3.27. The molecule has 0 atom stereocenters. The van der Waals surface area contributed by atoms with Crippen molar-refractivity contribution in [2.24, 2.45) is 0 Å².